The van der Waals surface area contributed by atoms with Crippen molar-refractivity contribution in [3.8, 4) is 0 Å². The first-order valence-electron chi connectivity index (χ1n) is 6.44. The van der Waals surface area contributed by atoms with E-state index in [2.05, 4.69) is 17.1 Å². The predicted molar refractivity (Wildman–Crippen MR) is 64.1 cm³/mol. The molecule has 0 aliphatic carbocycles. The van der Waals surface area contributed by atoms with Crippen LogP contribution in [0.5, 0.6) is 0 Å². The van der Waals surface area contributed by atoms with E-state index >= 15 is 0 Å². The third-order valence-corrected chi connectivity index (χ3v) is 3.11. The van der Waals surface area contributed by atoms with E-state index in [1.807, 2.05) is 0 Å². The van der Waals surface area contributed by atoms with Crippen LogP contribution in [0, 0.1) is 0 Å². The molecule has 0 saturated carbocycles. The van der Waals surface area contributed by atoms with Crippen LogP contribution in [0.4, 0.5) is 0 Å². The molecule has 0 aromatic rings. The maximum absolute atomic E-state index is 9.68. The Morgan fingerprint density at radius 3 is 2.53 bits per heavy atom. The van der Waals surface area contributed by atoms with E-state index in [0.29, 0.717) is 0 Å². The average molecular weight is 214 g/mol. The monoisotopic (exact) mass is 214 g/mol. The zero-order chi connectivity index (χ0) is 10.9. The van der Waals surface area contributed by atoms with Crippen LogP contribution in [-0.4, -0.2) is 48.8 Å². The van der Waals surface area contributed by atoms with Crippen LogP contribution in [0.2, 0.25) is 0 Å². The summed E-state index contributed by atoms with van der Waals surface area (Å²) in [6, 6.07) is 0. The van der Waals surface area contributed by atoms with Crippen LogP contribution >= 0.6 is 0 Å². The Morgan fingerprint density at radius 1 is 1.20 bits per heavy atom. The molecule has 1 fully saturated rings. The maximum Gasteiger partial charge on any atom is 0.0540 e. The third kappa shape index (κ3) is 6.13. The van der Waals surface area contributed by atoms with Crippen LogP contribution in [-0.2, 0) is 0 Å². The Labute approximate surface area is 93.9 Å². The van der Waals surface area contributed by atoms with Gasteiger partial charge in [0.1, 0.15) is 0 Å². The van der Waals surface area contributed by atoms with E-state index in [1.165, 1.54) is 19.5 Å². The van der Waals surface area contributed by atoms with Gasteiger partial charge in [-0.2, -0.15) is 0 Å². The van der Waals surface area contributed by atoms with Crippen LogP contribution in [0.3, 0.4) is 0 Å². The summed E-state index contributed by atoms with van der Waals surface area (Å²) in [4.78, 5) is 2.49. The van der Waals surface area contributed by atoms with E-state index in [-0.39, 0.29) is 6.10 Å². The molecular formula is C12H26N2O. The highest BCUT2D eigenvalue weighted by Gasteiger charge is 2.09. The summed E-state index contributed by atoms with van der Waals surface area (Å²) in [7, 11) is 0. The van der Waals surface area contributed by atoms with Gasteiger partial charge in [-0.25, -0.2) is 0 Å². The summed E-state index contributed by atoms with van der Waals surface area (Å²) in [6.07, 6.45) is 5.39. The van der Waals surface area contributed by atoms with Crippen molar-refractivity contribution in [3.05, 3.63) is 0 Å². The summed E-state index contributed by atoms with van der Waals surface area (Å²) >= 11 is 0. The summed E-state index contributed by atoms with van der Waals surface area (Å²) in [6.45, 7) is 7.92. The van der Waals surface area contributed by atoms with Gasteiger partial charge in [0.25, 0.3) is 0 Å². The van der Waals surface area contributed by atoms with Crippen LogP contribution in [0.1, 0.15) is 39.0 Å². The summed E-state index contributed by atoms with van der Waals surface area (Å²) in [5.74, 6) is 0. The molecule has 0 aromatic heterocycles. The van der Waals surface area contributed by atoms with Crippen molar-refractivity contribution in [2.75, 3.05) is 32.7 Å². The van der Waals surface area contributed by atoms with Gasteiger partial charge in [-0.1, -0.05) is 19.8 Å². The minimum Gasteiger partial charge on any atom is -0.393 e. The lowest BCUT2D eigenvalue weighted by Gasteiger charge is -2.27. The number of unbranched alkanes of at least 4 members (excludes halogenated alkanes) is 1. The lowest BCUT2D eigenvalue weighted by atomic mass is 10.1. The zero-order valence-corrected chi connectivity index (χ0v) is 10.0. The minimum absolute atomic E-state index is 0.0622. The molecule has 1 aliphatic heterocycles. The number of aliphatic hydroxyl groups excluding tert-OH is 1. The standard InChI is InChI=1S/C12H26N2O/c1-2-3-5-12(15)6-4-9-14-10-7-13-8-11-14/h12-13,15H,2-11H2,1H3/t12-/m0/s1. The summed E-state index contributed by atoms with van der Waals surface area (Å²) < 4.78 is 0. The molecule has 2 N–H and O–H groups in total. The molecule has 1 aliphatic rings. The molecule has 0 unspecified atom stereocenters. The van der Waals surface area contributed by atoms with Crippen molar-refractivity contribution in [1.82, 2.24) is 10.2 Å². The van der Waals surface area contributed by atoms with Crippen molar-refractivity contribution in [2.24, 2.45) is 0 Å². The molecule has 1 heterocycles. The van der Waals surface area contributed by atoms with Crippen LogP contribution < -0.4 is 5.32 Å². The molecule has 0 amide bonds. The number of aliphatic hydroxyl groups is 1. The quantitative estimate of drug-likeness (QED) is 0.669. The lowest BCUT2D eigenvalue weighted by molar-refractivity contribution is 0.139. The summed E-state index contributed by atoms with van der Waals surface area (Å²) in [5.41, 5.74) is 0. The SMILES string of the molecule is CCCC[C@H](O)CCCN1CCNCC1. The van der Waals surface area contributed by atoms with Gasteiger partial charge in [0.15, 0.2) is 0 Å². The van der Waals surface area contributed by atoms with Crippen molar-refractivity contribution >= 4 is 0 Å². The second-order valence-electron chi connectivity index (χ2n) is 4.53. The Hall–Kier alpha value is -0.120. The Kier molecular flexibility index (Phi) is 6.98. The predicted octanol–water partition coefficient (Wildman–Crippen LogP) is 1.22. The van der Waals surface area contributed by atoms with E-state index < -0.39 is 0 Å². The third-order valence-electron chi connectivity index (χ3n) is 3.11. The van der Waals surface area contributed by atoms with Gasteiger partial charge in [0, 0.05) is 26.2 Å². The Bertz CT molecular complexity index is 147. The lowest BCUT2D eigenvalue weighted by Crippen LogP contribution is -2.43. The van der Waals surface area contributed by atoms with Gasteiger partial charge in [0.2, 0.25) is 0 Å². The number of hydrogen-bond donors (Lipinski definition) is 2. The van der Waals surface area contributed by atoms with E-state index in [4.69, 9.17) is 0 Å². The number of rotatable bonds is 7. The molecule has 1 saturated heterocycles. The highest BCUT2D eigenvalue weighted by atomic mass is 16.3. The van der Waals surface area contributed by atoms with Crippen LogP contribution in [0.25, 0.3) is 0 Å². The van der Waals surface area contributed by atoms with Gasteiger partial charge < -0.3 is 15.3 Å². The van der Waals surface area contributed by atoms with Crippen molar-refractivity contribution in [2.45, 2.75) is 45.1 Å². The zero-order valence-electron chi connectivity index (χ0n) is 10.0. The average Bonchev–Trinajstić information content (AvgIpc) is 2.28. The van der Waals surface area contributed by atoms with Crippen molar-refractivity contribution < 1.29 is 5.11 Å². The molecule has 1 rings (SSSR count). The number of hydrogen-bond acceptors (Lipinski definition) is 3. The fourth-order valence-electron chi connectivity index (χ4n) is 2.07. The van der Waals surface area contributed by atoms with E-state index in [1.54, 1.807) is 0 Å². The topological polar surface area (TPSA) is 35.5 Å². The van der Waals surface area contributed by atoms with Gasteiger partial charge >= 0.3 is 0 Å². The first-order chi connectivity index (χ1) is 7.33. The first kappa shape index (κ1) is 12.9. The number of piperazine rings is 1. The van der Waals surface area contributed by atoms with E-state index in [9.17, 15) is 5.11 Å². The Morgan fingerprint density at radius 2 is 1.87 bits per heavy atom. The molecule has 3 nitrogen and oxygen atoms in total. The summed E-state index contributed by atoms with van der Waals surface area (Å²) in [5, 5.41) is 13.0. The van der Waals surface area contributed by atoms with Gasteiger partial charge in [-0.05, 0) is 25.8 Å². The number of nitrogens with one attached hydrogen (secondary N) is 1. The minimum atomic E-state index is -0.0622. The fraction of sp³-hybridized carbons (Fsp3) is 1.00. The molecule has 0 radical (unpaired) electrons. The van der Waals surface area contributed by atoms with Gasteiger partial charge in [-0.15, -0.1) is 0 Å². The molecule has 3 heteroatoms. The Balaban J connectivity index is 1.94. The molecule has 1 atom stereocenters. The second-order valence-corrected chi connectivity index (χ2v) is 4.53. The van der Waals surface area contributed by atoms with E-state index in [0.717, 1.165) is 45.3 Å². The fourth-order valence-corrected chi connectivity index (χ4v) is 2.07. The molecule has 0 spiro atoms. The van der Waals surface area contributed by atoms with Crippen LogP contribution in [0.15, 0.2) is 0 Å². The van der Waals surface area contributed by atoms with Crippen molar-refractivity contribution in [3.63, 3.8) is 0 Å². The molecule has 0 aromatic carbocycles. The molecular weight excluding hydrogens is 188 g/mol. The largest absolute Gasteiger partial charge is 0.393 e. The molecule has 0 bridgehead atoms. The molecule has 15 heavy (non-hydrogen) atoms. The van der Waals surface area contributed by atoms with Gasteiger partial charge in [0.05, 0.1) is 6.10 Å². The maximum atomic E-state index is 9.68. The highest BCUT2D eigenvalue weighted by molar-refractivity contribution is 4.68. The normalized spacial score (nSPS) is 20.4. The van der Waals surface area contributed by atoms with Crippen molar-refractivity contribution in [1.29, 1.82) is 0 Å². The number of nitrogens with zero attached hydrogens (tertiary/aromatic N) is 1. The molecule has 90 valence electrons. The smallest absolute Gasteiger partial charge is 0.0540 e. The second kappa shape index (κ2) is 8.08. The first-order valence-corrected chi connectivity index (χ1v) is 6.44. The highest BCUT2D eigenvalue weighted by Crippen LogP contribution is 2.07. The van der Waals surface area contributed by atoms with Gasteiger partial charge in [-0.3, -0.25) is 0 Å².